The van der Waals surface area contributed by atoms with Crippen LogP contribution in [0.1, 0.15) is 6.92 Å². The van der Waals surface area contributed by atoms with Crippen molar-refractivity contribution in [1.29, 1.82) is 5.26 Å². The van der Waals surface area contributed by atoms with Crippen LogP contribution in [0.4, 0.5) is 10.5 Å². The maximum atomic E-state index is 11.7. The summed E-state index contributed by atoms with van der Waals surface area (Å²) in [5.74, 6) is 0. The second-order valence-corrected chi connectivity index (χ2v) is 4.91. The summed E-state index contributed by atoms with van der Waals surface area (Å²) in [4.78, 5) is 13.1. The second-order valence-electron chi connectivity index (χ2n) is 3.47. The zero-order valence-electron chi connectivity index (χ0n) is 8.93. The van der Waals surface area contributed by atoms with Crippen LogP contribution >= 0.6 is 11.8 Å². The van der Waals surface area contributed by atoms with Crippen molar-refractivity contribution in [3.8, 4) is 6.07 Å². The van der Waals surface area contributed by atoms with E-state index in [4.69, 9.17) is 4.74 Å². The largest absolute Gasteiger partial charge is 0.452 e. The zero-order valence-corrected chi connectivity index (χ0v) is 9.75. The normalized spacial score (nSPS) is 22.4. The van der Waals surface area contributed by atoms with Crippen molar-refractivity contribution in [3.05, 3.63) is 24.3 Å². The average Bonchev–Trinajstić information content (AvgIpc) is 2.61. The minimum Gasteiger partial charge on any atom is -0.452 e. The number of thioether (sulfide) groups is 1. The number of para-hydroxylation sites is 1. The monoisotopic (exact) mass is 234 g/mol. The van der Waals surface area contributed by atoms with E-state index in [1.807, 2.05) is 24.3 Å². The van der Waals surface area contributed by atoms with Crippen molar-refractivity contribution in [2.45, 2.75) is 16.7 Å². The molecule has 1 aliphatic rings. The molecule has 0 saturated carbocycles. The van der Waals surface area contributed by atoms with E-state index in [-0.39, 0.29) is 0 Å². The topological polar surface area (TPSA) is 53.3 Å². The van der Waals surface area contributed by atoms with Crippen LogP contribution in [0.2, 0.25) is 0 Å². The molecule has 0 N–H and O–H groups in total. The Morgan fingerprint density at radius 1 is 1.56 bits per heavy atom. The van der Waals surface area contributed by atoms with Crippen LogP contribution in [0.25, 0.3) is 0 Å². The lowest BCUT2D eigenvalue weighted by Gasteiger charge is -2.26. The molecule has 1 heterocycles. The van der Waals surface area contributed by atoms with Gasteiger partial charge in [0.15, 0.2) is 4.87 Å². The maximum Gasteiger partial charge on any atom is 0.416 e. The fraction of sp³-hybridized carbons (Fsp3) is 0.273. The molecule has 1 amide bonds. The van der Waals surface area contributed by atoms with Gasteiger partial charge in [-0.2, -0.15) is 5.26 Å². The fourth-order valence-electron chi connectivity index (χ4n) is 1.65. The van der Waals surface area contributed by atoms with Crippen molar-refractivity contribution < 1.29 is 9.53 Å². The number of anilines is 1. The van der Waals surface area contributed by atoms with E-state index < -0.39 is 11.0 Å². The Morgan fingerprint density at radius 2 is 2.25 bits per heavy atom. The summed E-state index contributed by atoms with van der Waals surface area (Å²) in [6, 6.07) is 9.55. The van der Waals surface area contributed by atoms with Gasteiger partial charge in [0, 0.05) is 4.90 Å². The molecule has 5 heteroatoms. The first-order valence-electron chi connectivity index (χ1n) is 4.70. The molecule has 4 nitrogen and oxygen atoms in total. The molecule has 0 bridgehead atoms. The van der Waals surface area contributed by atoms with Gasteiger partial charge in [-0.25, -0.2) is 9.69 Å². The van der Waals surface area contributed by atoms with Crippen LogP contribution in [0.15, 0.2) is 29.2 Å². The number of hydrogen-bond donors (Lipinski definition) is 0. The van der Waals surface area contributed by atoms with Crippen LogP contribution < -0.4 is 4.90 Å². The number of ether oxygens (including phenoxy) is 1. The van der Waals surface area contributed by atoms with Crippen molar-refractivity contribution in [2.24, 2.45) is 0 Å². The third-order valence-electron chi connectivity index (χ3n) is 2.41. The van der Waals surface area contributed by atoms with Gasteiger partial charge in [0.05, 0.1) is 12.8 Å². The Morgan fingerprint density at radius 3 is 2.88 bits per heavy atom. The Hall–Kier alpha value is -1.67. The van der Waals surface area contributed by atoms with E-state index >= 15 is 0 Å². The molecular formula is C11H10N2O2S. The average molecular weight is 234 g/mol. The summed E-state index contributed by atoms with van der Waals surface area (Å²) in [6.45, 7) is 1.70. The first-order valence-corrected chi connectivity index (χ1v) is 5.51. The molecule has 82 valence electrons. The molecule has 0 aromatic heterocycles. The van der Waals surface area contributed by atoms with Gasteiger partial charge in [-0.05, 0) is 19.1 Å². The number of benzene rings is 1. The van der Waals surface area contributed by atoms with Gasteiger partial charge in [-0.15, -0.1) is 0 Å². The zero-order chi connectivity index (χ0) is 11.8. The predicted molar refractivity (Wildman–Crippen MR) is 61.2 cm³/mol. The van der Waals surface area contributed by atoms with Gasteiger partial charge in [0.1, 0.15) is 6.07 Å². The van der Waals surface area contributed by atoms with Gasteiger partial charge in [-0.1, -0.05) is 23.9 Å². The van der Waals surface area contributed by atoms with Crippen molar-refractivity contribution in [2.75, 3.05) is 12.0 Å². The summed E-state index contributed by atoms with van der Waals surface area (Å²) >= 11 is 1.35. The Bertz CT molecular complexity index is 483. The molecule has 2 rings (SSSR count). The molecule has 0 saturated heterocycles. The molecule has 0 radical (unpaired) electrons. The van der Waals surface area contributed by atoms with Crippen LogP contribution in [-0.4, -0.2) is 18.1 Å². The fourth-order valence-corrected chi connectivity index (χ4v) is 2.80. The number of hydrogen-bond acceptors (Lipinski definition) is 4. The third kappa shape index (κ3) is 1.42. The summed E-state index contributed by atoms with van der Waals surface area (Å²) in [6.07, 6.45) is -0.512. The number of amides is 1. The molecule has 1 aliphatic heterocycles. The van der Waals surface area contributed by atoms with E-state index in [1.165, 1.54) is 23.8 Å². The van der Waals surface area contributed by atoms with E-state index in [1.54, 1.807) is 6.92 Å². The van der Waals surface area contributed by atoms with Gasteiger partial charge < -0.3 is 4.74 Å². The minimum absolute atomic E-state index is 0.512. The Kier molecular flexibility index (Phi) is 2.52. The van der Waals surface area contributed by atoms with Crippen molar-refractivity contribution >= 4 is 23.5 Å². The van der Waals surface area contributed by atoms with E-state index in [0.717, 1.165) is 10.6 Å². The number of methoxy groups -OCH3 is 1. The van der Waals surface area contributed by atoms with Gasteiger partial charge >= 0.3 is 6.09 Å². The number of rotatable bonds is 0. The smallest absolute Gasteiger partial charge is 0.416 e. The maximum absolute atomic E-state index is 11.7. The number of nitriles is 1. The number of carbonyl (C=O) groups excluding carboxylic acids is 1. The minimum atomic E-state index is -0.934. The highest BCUT2D eigenvalue weighted by Crippen LogP contribution is 2.49. The lowest BCUT2D eigenvalue weighted by atomic mass is 10.2. The molecular weight excluding hydrogens is 224 g/mol. The highest BCUT2D eigenvalue weighted by molar-refractivity contribution is 8.01. The molecule has 0 spiro atoms. The summed E-state index contributed by atoms with van der Waals surface area (Å²) in [7, 11) is 1.31. The Labute approximate surface area is 97.8 Å². The predicted octanol–water partition coefficient (Wildman–Crippen LogP) is 2.60. The van der Waals surface area contributed by atoms with Crippen molar-refractivity contribution in [3.63, 3.8) is 0 Å². The van der Waals surface area contributed by atoms with Crippen molar-refractivity contribution in [1.82, 2.24) is 0 Å². The lowest BCUT2D eigenvalue weighted by Crippen LogP contribution is -2.43. The third-order valence-corrected chi connectivity index (χ3v) is 3.64. The van der Waals surface area contributed by atoms with Crippen LogP contribution in [0.3, 0.4) is 0 Å². The number of carbonyl (C=O) groups is 1. The quantitative estimate of drug-likeness (QED) is 0.692. The van der Waals surface area contributed by atoms with Crippen LogP contribution in [0.5, 0.6) is 0 Å². The van der Waals surface area contributed by atoms with E-state index in [9.17, 15) is 10.1 Å². The van der Waals surface area contributed by atoms with Gasteiger partial charge in [-0.3, -0.25) is 0 Å². The van der Waals surface area contributed by atoms with Gasteiger partial charge in [0.2, 0.25) is 0 Å². The van der Waals surface area contributed by atoms with Crippen LogP contribution in [-0.2, 0) is 4.74 Å². The molecule has 1 aromatic rings. The molecule has 0 aliphatic carbocycles. The number of fused-ring (bicyclic) bond motifs is 1. The highest BCUT2D eigenvalue weighted by atomic mass is 32.2. The van der Waals surface area contributed by atoms with Gasteiger partial charge in [0.25, 0.3) is 0 Å². The van der Waals surface area contributed by atoms with E-state index in [2.05, 4.69) is 6.07 Å². The Balaban J connectivity index is 2.53. The van der Waals surface area contributed by atoms with E-state index in [0.29, 0.717) is 0 Å². The molecule has 1 unspecified atom stereocenters. The summed E-state index contributed by atoms with van der Waals surface area (Å²) in [5.41, 5.74) is 0.725. The molecule has 0 fully saturated rings. The molecule has 16 heavy (non-hydrogen) atoms. The number of nitrogens with zero attached hydrogens (tertiary/aromatic N) is 2. The molecule has 1 atom stereocenters. The first kappa shape index (κ1) is 10.8. The second kappa shape index (κ2) is 3.72. The summed E-state index contributed by atoms with van der Waals surface area (Å²) in [5, 5.41) is 9.19. The summed E-state index contributed by atoms with van der Waals surface area (Å²) < 4.78 is 4.71. The van der Waals surface area contributed by atoms with Crippen LogP contribution in [0, 0.1) is 11.3 Å². The SMILES string of the molecule is COC(=O)N1c2ccccc2SC1(C)C#N. The first-order chi connectivity index (χ1) is 7.62. The standard InChI is InChI=1S/C11H10N2O2S/c1-11(7-12)13(10(14)15-2)8-5-3-4-6-9(8)16-11/h3-6H,1-2H3. The molecule has 1 aromatic carbocycles. The highest BCUT2D eigenvalue weighted by Gasteiger charge is 2.45. The lowest BCUT2D eigenvalue weighted by molar-refractivity contribution is 0.177.